The van der Waals surface area contributed by atoms with Crippen molar-refractivity contribution in [3.8, 4) is 0 Å². The molecule has 2 fully saturated rings. The maximum absolute atomic E-state index is 14.5. The van der Waals surface area contributed by atoms with E-state index in [1.165, 1.54) is 12.1 Å². The Morgan fingerprint density at radius 3 is 2.63 bits per heavy atom. The lowest BCUT2D eigenvalue weighted by Gasteiger charge is -2.28. The predicted molar refractivity (Wildman–Crippen MR) is 116 cm³/mol. The number of hydrogen-bond acceptors (Lipinski definition) is 5. The van der Waals surface area contributed by atoms with Crippen LogP contribution in [0.5, 0.6) is 0 Å². The maximum atomic E-state index is 14.5. The highest BCUT2D eigenvalue weighted by atomic mass is 32.2. The number of benzene rings is 1. The summed E-state index contributed by atoms with van der Waals surface area (Å²) in [6, 6.07) is 2.34. The summed E-state index contributed by atoms with van der Waals surface area (Å²) >= 11 is -1.34. The minimum absolute atomic E-state index is 0.116. The third-order valence-electron chi connectivity index (χ3n) is 5.71. The molecule has 0 unspecified atom stereocenters. The van der Waals surface area contributed by atoms with Crippen LogP contribution in [0.4, 0.5) is 4.39 Å². The van der Waals surface area contributed by atoms with Crippen LogP contribution in [0.1, 0.15) is 89.4 Å². The Balaban J connectivity index is 1.85. The zero-order valence-electron chi connectivity index (χ0n) is 18.0. The topological polar surface area (TPSA) is 79.2 Å². The molecular formula is C22H30FN3O3S. The molecule has 0 amide bonds. The number of nitrogens with one attached hydrogen (secondary N) is 1. The van der Waals surface area contributed by atoms with Gasteiger partial charge in [-0.15, -0.1) is 4.72 Å². The summed E-state index contributed by atoms with van der Waals surface area (Å²) in [6.45, 7) is 8.09. The number of ether oxygens (including phenoxy) is 1. The minimum atomic E-state index is -1.34. The molecule has 1 aliphatic carbocycles. The van der Waals surface area contributed by atoms with E-state index in [9.17, 15) is 13.7 Å². The maximum Gasteiger partial charge on any atom is 0.261 e. The highest BCUT2D eigenvalue weighted by molar-refractivity contribution is 7.90. The van der Waals surface area contributed by atoms with E-state index in [-0.39, 0.29) is 23.1 Å². The van der Waals surface area contributed by atoms with Gasteiger partial charge in [-0.1, -0.05) is 0 Å². The largest absolute Gasteiger partial charge is 0.598 e. The SMILES string of the molecule is C[C@@H](N[S@+]([O-])C(C)(C)C)c1cc(F)cc2c(=O)n(C3CC3)c([C@H]3CCCCO3)nc12. The zero-order valence-corrected chi connectivity index (χ0v) is 18.9. The van der Waals surface area contributed by atoms with E-state index in [4.69, 9.17) is 9.72 Å². The quantitative estimate of drug-likeness (QED) is 0.711. The molecule has 1 saturated heterocycles. The van der Waals surface area contributed by atoms with Crippen LogP contribution in [0.15, 0.2) is 16.9 Å². The lowest BCUT2D eigenvalue weighted by Crippen LogP contribution is -2.40. The minimum Gasteiger partial charge on any atom is -0.598 e. The summed E-state index contributed by atoms with van der Waals surface area (Å²) in [4.78, 5) is 18.3. The molecule has 8 heteroatoms. The third kappa shape index (κ3) is 4.28. The molecular weight excluding hydrogens is 405 g/mol. The zero-order chi connectivity index (χ0) is 21.6. The molecule has 2 heterocycles. The molecule has 0 bridgehead atoms. The van der Waals surface area contributed by atoms with Crippen molar-refractivity contribution in [2.75, 3.05) is 6.61 Å². The Morgan fingerprint density at radius 2 is 2.03 bits per heavy atom. The molecule has 1 aromatic heterocycles. The van der Waals surface area contributed by atoms with Gasteiger partial charge >= 0.3 is 0 Å². The van der Waals surface area contributed by atoms with Crippen LogP contribution in [0.3, 0.4) is 0 Å². The highest BCUT2D eigenvalue weighted by Crippen LogP contribution is 2.38. The van der Waals surface area contributed by atoms with Gasteiger partial charge in [0.05, 0.1) is 16.9 Å². The van der Waals surface area contributed by atoms with E-state index in [0.29, 0.717) is 23.5 Å². The normalized spacial score (nSPS) is 22.3. The van der Waals surface area contributed by atoms with Gasteiger partial charge in [-0.25, -0.2) is 9.37 Å². The van der Waals surface area contributed by atoms with Crippen molar-refractivity contribution in [1.82, 2.24) is 14.3 Å². The molecule has 1 saturated carbocycles. The van der Waals surface area contributed by atoms with Crippen molar-refractivity contribution in [2.24, 2.45) is 0 Å². The van der Waals surface area contributed by atoms with E-state index < -0.39 is 28.0 Å². The molecule has 1 aliphatic heterocycles. The molecule has 4 rings (SSSR count). The molecule has 1 N–H and O–H groups in total. The van der Waals surface area contributed by atoms with Crippen LogP contribution in [0, 0.1) is 5.82 Å². The van der Waals surface area contributed by atoms with Gasteiger partial charge in [-0.2, -0.15) is 0 Å². The summed E-state index contributed by atoms with van der Waals surface area (Å²) < 4.78 is 37.4. The second-order valence-electron chi connectivity index (χ2n) is 9.34. The first-order valence-corrected chi connectivity index (χ1v) is 11.9. The second kappa shape index (κ2) is 8.22. The summed E-state index contributed by atoms with van der Waals surface area (Å²) in [7, 11) is 0. The first kappa shape index (κ1) is 21.7. The van der Waals surface area contributed by atoms with Gasteiger partial charge in [0.1, 0.15) is 22.5 Å². The summed E-state index contributed by atoms with van der Waals surface area (Å²) in [6.07, 6.45) is 4.50. The van der Waals surface area contributed by atoms with E-state index in [1.54, 1.807) is 4.57 Å². The molecule has 164 valence electrons. The van der Waals surface area contributed by atoms with Crippen molar-refractivity contribution in [1.29, 1.82) is 0 Å². The number of aromatic nitrogens is 2. The summed E-state index contributed by atoms with van der Waals surface area (Å²) in [5, 5.41) is 0.270. The van der Waals surface area contributed by atoms with E-state index in [0.717, 1.165) is 32.1 Å². The highest BCUT2D eigenvalue weighted by Gasteiger charge is 2.34. The van der Waals surface area contributed by atoms with Gasteiger partial charge in [0.2, 0.25) is 0 Å². The van der Waals surface area contributed by atoms with Gasteiger partial charge in [-0.3, -0.25) is 9.36 Å². The van der Waals surface area contributed by atoms with Crippen molar-refractivity contribution >= 4 is 22.3 Å². The number of halogens is 1. The fraction of sp³-hybridized carbons (Fsp3) is 0.636. The number of fused-ring (bicyclic) bond motifs is 1. The average molecular weight is 436 g/mol. The van der Waals surface area contributed by atoms with Crippen LogP contribution < -0.4 is 10.3 Å². The molecule has 2 aromatic rings. The molecule has 6 nitrogen and oxygen atoms in total. The fourth-order valence-electron chi connectivity index (χ4n) is 3.90. The Kier molecular flexibility index (Phi) is 5.96. The molecule has 3 atom stereocenters. The number of nitrogens with zero attached hydrogens (tertiary/aromatic N) is 2. The van der Waals surface area contributed by atoms with Gasteiger partial charge in [-0.05, 0) is 71.9 Å². The fourth-order valence-corrected chi connectivity index (χ4v) is 4.70. The first-order chi connectivity index (χ1) is 14.2. The van der Waals surface area contributed by atoms with Gasteiger partial charge in [0.15, 0.2) is 0 Å². The molecule has 0 radical (unpaired) electrons. The monoisotopic (exact) mass is 435 g/mol. The summed E-state index contributed by atoms with van der Waals surface area (Å²) in [5.41, 5.74) is 0.796. The van der Waals surface area contributed by atoms with Crippen LogP contribution >= 0.6 is 0 Å². The van der Waals surface area contributed by atoms with Crippen LogP contribution in [0.2, 0.25) is 0 Å². The molecule has 2 aliphatic rings. The Bertz CT molecular complexity index is 994. The first-order valence-electron chi connectivity index (χ1n) is 10.7. The Labute approximate surface area is 179 Å². The number of rotatable bonds is 5. The van der Waals surface area contributed by atoms with Crippen LogP contribution in [0.25, 0.3) is 10.9 Å². The average Bonchev–Trinajstić information content (AvgIpc) is 3.52. The number of hydrogen-bond donors (Lipinski definition) is 1. The van der Waals surface area contributed by atoms with E-state index >= 15 is 0 Å². The van der Waals surface area contributed by atoms with Gasteiger partial charge in [0.25, 0.3) is 5.56 Å². The van der Waals surface area contributed by atoms with Gasteiger partial charge < -0.3 is 9.29 Å². The smallest absolute Gasteiger partial charge is 0.261 e. The van der Waals surface area contributed by atoms with Gasteiger partial charge in [0, 0.05) is 29.6 Å². The Hall–Kier alpha value is -1.48. The van der Waals surface area contributed by atoms with Crippen molar-refractivity contribution in [3.05, 3.63) is 39.7 Å². The van der Waals surface area contributed by atoms with Crippen LogP contribution in [-0.2, 0) is 16.1 Å². The molecule has 0 spiro atoms. The Morgan fingerprint density at radius 1 is 1.30 bits per heavy atom. The predicted octanol–water partition coefficient (Wildman–Crippen LogP) is 4.22. The third-order valence-corrected chi connectivity index (χ3v) is 7.39. The second-order valence-corrected chi connectivity index (χ2v) is 11.3. The van der Waals surface area contributed by atoms with E-state index in [2.05, 4.69) is 4.72 Å². The van der Waals surface area contributed by atoms with Crippen LogP contribution in [-0.4, -0.2) is 25.5 Å². The summed E-state index contributed by atoms with van der Waals surface area (Å²) in [5.74, 6) is 0.155. The van der Waals surface area contributed by atoms with Crippen molar-refractivity contribution < 1.29 is 13.7 Å². The standard InChI is InChI=1S/C22H30FN3O3S/c1-13(25-30(28)22(2,3)4)16-11-14(23)12-17-19(16)24-20(18-7-5-6-10-29-18)26(21(17)27)15-8-9-15/h11-13,15,18,25H,5-10H2,1-4H3/t13-,18-,30-/m1/s1. The van der Waals surface area contributed by atoms with Crippen molar-refractivity contribution in [2.45, 2.75) is 82.7 Å². The lowest BCUT2D eigenvalue weighted by molar-refractivity contribution is 0.00660. The molecule has 30 heavy (non-hydrogen) atoms. The lowest BCUT2D eigenvalue weighted by atomic mass is 10.0. The van der Waals surface area contributed by atoms with Crippen molar-refractivity contribution in [3.63, 3.8) is 0 Å². The molecule has 1 aromatic carbocycles. The van der Waals surface area contributed by atoms with E-state index in [1.807, 2.05) is 27.7 Å².